The second-order valence-electron chi connectivity index (χ2n) is 3.63. The first-order chi connectivity index (χ1) is 8.56. The minimum Gasteiger partial charge on any atom is -0.507 e. The number of anilines is 1. The summed E-state index contributed by atoms with van der Waals surface area (Å²) >= 11 is 12.6. The molecule has 18 heavy (non-hydrogen) atoms. The number of aromatic nitrogens is 1. The summed E-state index contributed by atoms with van der Waals surface area (Å²) in [5.74, 6) is 0.223. The number of nitrogens with zero attached hydrogens (tertiary/aromatic N) is 1. The van der Waals surface area contributed by atoms with Gasteiger partial charge in [0.15, 0.2) is 5.15 Å². The average Bonchev–Trinajstić information content (AvgIpc) is 2.34. The van der Waals surface area contributed by atoms with Crippen LogP contribution in [0.25, 0.3) is 0 Å². The van der Waals surface area contributed by atoms with E-state index in [0.717, 1.165) is 15.7 Å². The number of aromatic hydroxyl groups is 1. The average molecular weight is 392 g/mol. The number of halogens is 3. The number of pyridine rings is 1. The number of phenols is 1. The van der Waals surface area contributed by atoms with Crippen LogP contribution in [-0.2, 0) is 6.54 Å². The maximum atomic E-state index is 9.40. The summed E-state index contributed by atoms with van der Waals surface area (Å²) in [5.41, 5.74) is 1.78. The van der Waals surface area contributed by atoms with Gasteiger partial charge in [0.05, 0.1) is 10.2 Å². The molecule has 2 rings (SSSR count). The number of nitrogens with one attached hydrogen (secondary N) is 1. The van der Waals surface area contributed by atoms with Crippen molar-refractivity contribution in [3.8, 4) is 5.75 Å². The fourth-order valence-corrected chi connectivity index (χ4v) is 2.33. The minimum absolute atomic E-state index is 0.223. The quantitative estimate of drug-likeness (QED) is 0.752. The highest BCUT2D eigenvalue weighted by molar-refractivity contribution is 9.10. The molecule has 0 unspecified atom stereocenters. The third-order valence-corrected chi connectivity index (χ3v) is 3.67. The summed E-state index contributed by atoms with van der Waals surface area (Å²) < 4.78 is 1.53. The highest BCUT2D eigenvalue weighted by Crippen LogP contribution is 2.26. The minimum atomic E-state index is 0.223. The third-order valence-electron chi connectivity index (χ3n) is 2.30. The molecule has 0 atom stereocenters. The van der Waals surface area contributed by atoms with E-state index >= 15 is 0 Å². The Hall–Kier alpha value is -0.780. The topological polar surface area (TPSA) is 45.1 Å². The van der Waals surface area contributed by atoms with Crippen LogP contribution in [0.5, 0.6) is 5.75 Å². The van der Waals surface area contributed by atoms with Crippen molar-refractivity contribution in [3.05, 3.63) is 50.1 Å². The monoisotopic (exact) mass is 390 g/mol. The molecule has 1 aromatic carbocycles. The van der Waals surface area contributed by atoms with Gasteiger partial charge in [-0.3, -0.25) is 0 Å². The molecule has 0 amide bonds. The molecule has 0 saturated carbocycles. The zero-order chi connectivity index (χ0) is 13.1. The zero-order valence-corrected chi connectivity index (χ0v) is 13.1. The Morgan fingerprint density at radius 3 is 2.78 bits per heavy atom. The third kappa shape index (κ3) is 3.37. The Morgan fingerprint density at radius 2 is 2.06 bits per heavy atom. The maximum Gasteiger partial charge on any atom is 0.152 e. The lowest BCUT2D eigenvalue weighted by Gasteiger charge is -2.09. The maximum absolute atomic E-state index is 9.40. The van der Waals surface area contributed by atoms with Gasteiger partial charge in [0.25, 0.3) is 0 Å². The molecule has 1 aromatic heterocycles. The number of phenolic OH excluding ortho intramolecular Hbond substituents is 1. The van der Waals surface area contributed by atoms with E-state index in [1.54, 1.807) is 12.3 Å². The Balaban J connectivity index is 2.11. The molecule has 2 N–H and O–H groups in total. The van der Waals surface area contributed by atoms with Crippen molar-refractivity contribution in [2.75, 3.05) is 5.32 Å². The molecule has 1 heterocycles. The zero-order valence-electron chi connectivity index (χ0n) is 9.12. The van der Waals surface area contributed by atoms with Crippen molar-refractivity contribution in [1.82, 2.24) is 4.98 Å². The summed E-state index contributed by atoms with van der Waals surface area (Å²) in [6.45, 7) is 0.594. The molecule has 0 aliphatic heterocycles. The summed E-state index contributed by atoms with van der Waals surface area (Å²) in [6.07, 6.45) is 1.64. The van der Waals surface area contributed by atoms with E-state index in [-0.39, 0.29) is 5.75 Å². The molecular formula is C12H9Br2ClN2O. The van der Waals surface area contributed by atoms with Crippen molar-refractivity contribution in [2.45, 2.75) is 6.54 Å². The smallest absolute Gasteiger partial charge is 0.152 e. The number of rotatable bonds is 3. The SMILES string of the molecule is Oc1ccc(CNc2cc(Br)cnc2Cl)cc1Br. The van der Waals surface area contributed by atoms with Gasteiger partial charge in [-0.15, -0.1) is 0 Å². The van der Waals surface area contributed by atoms with Crippen LogP contribution in [0.1, 0.15) is 5.56 Å². The lowest BCUT2D eigenvalue weighted by molar-refractivity contribution is 0.471. The summed E-state index contributed by atoms with van der Waals surface area (Å²) in [4.78, 5) is 4.03. The molecule has 0 spiro atoms. The lowest BCUT2D eigenvalue weighted by atomic mass is 10.2. The molecule has 94 valence electrons. The van der Waals surface area contributed by atoms with Crippen LogP contribution in [0.3, 0.4) is 0 Å². The van der Waals surface area contributed by atoms with E-state index in [9.17, 15) is 5.11 Å². The normalized spacial score (nSPS) is 10.4. The molecule has 0 saturated heterocycles. The Labute approximate surface area is 126 Å². The van der Waals surface area contributed by atoms with E-state index in [2.05, 4.69) is 42.2 Å². The van der Waals surface area contributed by atoms with Gasteiger partial charge in [0.2, 0.25) is 0 Å². The van der Waals surface area contributed by atoms with Gasteiger partial charge in [0, 0.05) is 17.2 Å². The van der Waals surface area contributed by atoms with Crippen molar-refractivity contribution in [2.24, 2.45) is 0 Å². The van der Waals surface area contributed by atoms with Crippen LogP contribution >= 0.6 is 43.5 Å². The number of benzene rings is 1. The predicted molar refractivity (Wildman–Crippen MR) is 80.1 cm³/mol. The van der Waals surface area contributed by atoms with Gasteiger partial charge in [0.1, 0.15) is 5.75 Å². The number of hydrogen-bond acceptors (Lipinski definition) is 3. The first-order valence-corrected chi connectivity index (χ1v) is 7.05. The van der Waals surface area contributed by atoms with E-state index in [4.69, 9.17) is 11.6 Å². The second kappa shape index (κ2) is 5.91. The fraction of sp³-hybridized carbons (Fsp3) is 0.0833. The van der Waals surface area contributed by atoms with Crippen molar-refractivity contribution in [1.29, 1.82) is 0 Å². The molecule has 0 aliphatic rings. The van der Waals surface area contributed by atoms with E-state index in [0.29, 0.717) is 16.2 Å². The van der Waals surface area contributed by atoms with Crippen LogP contribution in [0.2, 0.25) is 5.15 Å². The Morgan fingerprint density at radius 1 is 1.28 bits per heavy atom. The molecule has 0 radical (unpaired) electrons. The first kappa shape index (κ1) is 13.6. The summed E-state index contributed by atoms with van der Waals surface area (Å²) in [6, 6.07) is 7.20. The van der Waals surface area contributed by atoms with Gasteiger partial charge in [-0.25, -0.2) is 4.98 Å². The van der Waals surface area contributed by atoms with E-state index in [1.165, 1.54) is 0 Å². The standard InChI is InChI=1S/C12H9Br2ClN2O/c13-8-4-10(12(15)17-6-8)16-5-7-1-2-11(18)9(14)3-7/h1-4,6,16,18H,5H2. The van der Waals surface area contributed by atoms with E-state index in [1.807, 2.05) is 18.2 Å². The first-order valence-electron chi connectivity index (χ1n) is 5.08. The largest absolute Gasteiger partial charge is 0.507 e. The van der Waals surface area contributed by atoms with Crippen molar-refractivity contribution < 1.29 is 5.11 Å². The molecule has 0 aliphatic carbocycles. The van der Waals surface area contributed by atoms with Gasteiger partial charge in [-0.2, -0.15) is 0 Å². The second-order valence-corrected chi connectivity index (χ2v) is 5.76. The van der Waals surface area contributed by atoms with Gasteiger partial charge < -0.3 is 10.4 Å². The lowest BCUT2D eigenvalue weighted by Crippen LogP contribution is -2.00. The van der Waals surface area contributed by atoms with Crippen LogP contribution in [-0.4, -0.2) is 10.1 Å². The van der Waals surface area contributed by atoms with E-state index < -0.39 is 0 Å². The molecule has 0 bridgehead atoms. The molecule has 6 heteroatoms. The van der Waals surface area contributed by atoms with Gasteiger partial charge >= 0.3 is 0 Å². The molecule has 0 fully saturated rings. The van der Waals surface area contributed by atoms with Crippen molar-refractivity contribution in [3.63, 3.8) is 0 Å². The summed E-state index contributed by atoms with van der Waals surface area (Å²) in [5, 5.41) is 13.0. The molecular weight excluding hydrogens is 383 g/mol. The van der Waals surface area contributed by atoms with Crippen LogP contribution in [0.15, 0.2) is 39.4 Å². The van der Waals surface area contributed by atoms with Crippen LogP contribution in [0, 0.1) is 0 Å². The van der Waals surface area contributed by atoms with Crippen LogP contribution < -0.4 is 5.32 Å². The number of hydrogen-bond donors (Lipinski definition) is 2. The highest BCUT2D eigenvalue weighted by atomic mass is 79.9. The summed E-state index contributed by atoms with van der Waals surface area (Å²) in [7, 11) is 0. The molecule has 3 nitrogen and oxygen atoms in total. The Kier molecular flexibility index (Phi) is 4.48. The van der Waals surface area contributed by atoms with Crippen LogP contribution in [0.4, 0.5) is 5.69 Å². The molecule has 2 aromatic rings. The van der Waals surface area contributed by atoms with Gasteiger partial charge in [-0.05, 0) is 55.6 Å². The van der Waals surface area contributed by atoms with Gasteiger partial charge in [-0.1, -0.05) is 17.7 Å². The highest BCUT2D eigenvalue weighted by Gasteiger charge is 2.04. The Bertz CT molecular complexity index is 578. The predicted octanol–water partition coefficient (Wildman–Crippen LogP) is 4.58. The fourth-order valence-electron chi connectivity index (χ4n) is 1.40. The van der Waals surface area contributed by atoms with Crippen molar-refractivity contribution >= 4 is 49.1 Å².